The summed E-state index contributed by atoms with van der Waals surface area (Å²) in [5.74, 6) is -2.90. The number of ketones is 2. The molecule has 1 aromatic rings. The molecule has 7 rings (SSSR count). The summed E-state index contributed by atoms with van der Waals surface area (Å²) in [5, 5.41) is 33.0. The number of phenolic OH excluding ortho intramolecular Hbond substituents is 1. The van der Waals surface area contributed by atoms with E-state index in [2.05, 4.69) is 6.08 Å². The summed E-state index contributed by atoms with van der Waals surface area (Å²) in [6.45, 7) is 15.1. The minimum absolute atomic E-state index is 0.0497. The van der Waals surface area contributed by atoms with Gasteiger partial charge in [-0.1, -0.05) is 35.5 Å². The lowest BCUT2D eigenvalue weighted by molar-refractivity contribution is -0.171. The molecule has 3 N–H and O–H groups in total. The molecular formula is C38H46O9. The van der Waals surface area contributed by atoms with Crippen molar-refractivity contribution in [2.45, 2.75) is 122 Å². The number of aliphatic hydroxyl groups excluding tert-OH is 1. The van der Waals surface area contributed by atoms with Gasteiger partial charge in [0.25, 0.3) is 0 Å². The van der Waals surface area contributed by atoms with Gasteiger partial charge in [0, 0.05) is 41.4 Å². The molecule has 6 aliphatic rings. The highest BCUT2D eigenvalue weighted by atomic mass is 16.6. The van der Waals surface area contributed by atoms with E-state index < -0.39 is 52.1 Å². The Morgan fingerprint density at radius 1 is 1.00 bits per heavy atom. The van der Waals surface area contributed by atoms with Crippen LogP contribution in [0.2, 0.25) is 0 Å². The lowest BCUT2D eigenvalue weighted by Crippen LogP contribution is -2.72. The average Bonchev–Trinajstić information content (AvgIpc) is 3.11. The number of hydrogen-bond donors (Lipinski definition) is 3. The molecule has 4 bridgehead atoms. The van der Waals surface area contributed by atoms with Gasteiger partial charge in [0.2, 0.25) is 0 Å². The Hall–Kier alpha value is -3.69. The van der Waals surface area contributed by atoms with Crippen molar-refractivity contribution in [3.63, 3.8) is 0 Å². The first-order chi connectivity index (χ1) is 21.9. The highest BCUT2D eigenvalue weighted by Gasteiger charge is 2.81. The summed E-state index contributed by atoms with van der Waals surface area (Å²) in [6.07, 6.45) is 8.28. The molecule has 0 unspecified atom stereocenters. The smallest absolute Gasteiger partial charge is 0.330 e. The van der Waals surface area contributed by atoms with E-state index in [0.29, 0.717) is 18.4 Å². The van der Waals surface area contributed by atoms with Gasteiger partial charge in [-0.2, -0.15) is 0 Å². The number of aromatic hydroxyl groups is 1. The summed E-state index contributed by atoms with van der Waals surface area (Å²) in [7, 11) is 0. The van der Waals surface area contributed by atoms with Crippen LogP contribution in [0.1, 0.15) is 115 Å². The first-order valence-electron chi connectivity index (χ1n) is 16.5. The van der Waals surface area contributed by atoms with E-state index in [4.69, 9.17) is 14.2 Å². The van der Waals surface area contributed by atoms with Gasteiger partial charge < -0.3 is 29.5 Å². The number of carboxylic acid groups (broad SMARTS) is 1. The van der Waals surface area contributed by atoms with Crippen molar-refractivity contribution < 1.29 is 43.9 Å². The number of hydrogen-bond acceptors (Lipinski definition) is 8. The summed E-state index contributed by atoms with van der Waals surface area (Å²) >= 11 is 0. The van der Waals surface area contributed by atoms with Gasteiger partial charge in [-0.05, 0) is 81.1 Å². The molecule has 47 heavy (non-hydrogen) atoms. The first kappa shape index (κ1) is 33.2. The fourth-order valence-corrected chi connectivity index (χ4v) is 8.64. The molecule has 1 aromatic carbocycles. The number of Topliss-reactive ketones (excluding diaryl/α,β-unsaturated/α-hetero) is 2. The van der Waals surface area contributed by atoms with Crippen LogP contribution in [0.5, 0.6) is 17.2 Å². The third kappa shape index (κ3) is 4.75. The molecule has 3 aliphatic heterocycles. The van der Waals surface area contributed by atoms with E-state index in [1.165, 1.54) is 18.6 Å². The zero-order chi connectivity index (χ0) is 34.4. The van der Waals surface area contributed by atoms with E-state index in [-0.39, 0.29) is 64.6 Å². The molecule has 252 valence electrons. The lowest BCUT2D eigenvalue weighted by atomic mass is 9.51. The fraction of sp³-hybridized carbons (Fsp3) is 0.553. The van der Waals surface area contributed by atoms with E-state index >= 15 is 0 Å². The third-order valence-electron chi connectivity index (χ3n) is 10.9. The molecule has 3 heterocycles. The predicted octanol–water partition coefficient (Wildman–Crippen LogP) is 6.65. The number of fused-ring (bicyclic) bond motifs is 2. The highest BCUT2D eigenvalue weighted by Crippen LogP contribution is 2.69. The second-order valence-corrected chi connectivity index (χ2v) is 15.3. The Kier molecular flexibility index (Phi) is 7.72. The SMILES string of the molecule is CC(C)=CCC[C@@]1(C)C[C@H](O)c2c(O)c3c(c(CC=C(C)C)c2O1)O[C@@]12C(=C[C@@H]4C[C@@H]1C(C)(C)O[C@@]2(C/C=C(\C)C(=O)O)C4=O)C3=O. The highest BCUT2D eigenvalue weighted by molar-refractivity contribution is 6.18. The van der Waals surface area contributed by atoms with Crippen LogP contribution in [-0.4, -0.2) is 55.3 Å². The minimum Gasteiger partial charge on any atom is -0.506 e. The van der Waals surface area contributed by atoms with Crippen molar-refractivity contribution >= 4 is 17.5 Å². The number of carbonyl (C=O) groups is 3. The number of aliphatic hydroxyl groups is 1. The standard InChI is InChI=1S/C38H46O9/c1-19(2)10-9-14-36(8)18-25(39)27-30(41)28-29(40)24-16-22-17-26-35(6,7)47-37(33(22)42,15-13-21(5)34(43)44)38(24,26)46-32(28)23(31(27)45-36)12-11-20(3)4/h10-11,13,16,22,25-26,39,41H,9,12,14-15,17-18H2,1-8H3,(H,43,44)/b21-13+/t22-,25+,26-,36+,37+,38+/m1/s1. The van der Waals surface area contributed by atoms with E-state index in [0.717, 1.165) is 12.0 Å². The van der Waals surface area contributed by atoms with Gasteiger partial charge in [-0.3, -0.25) is 9.59 Å². The number of carbonyl (C=O) groups excluding carboxylic acids is 2. The van der Waals surface area contributed by atoms with Crippen LogP contribution < -0.4 is 9.47 Å². The molecule has 2 fully saturated rings. The zero-order valence-corrected chi connectivity index (χ0v) is 28.6. The van der Waals surface area contributed by atoms with Gasteiger partial charge >= 0.3 is 5.97 Å². The monoisotopic (exact) mass is 646 g/mol. The second-order valence-electron chi connectivity index (χ2n) is 15.3. The zero-order valence-electron chi connectivity index (χ0n) is 28.6. The van der Waals surface area contributed by atoms with Crippen LogP contribution in [-0.2, 0) is 20.7 Å². The Morgan fingerprint density at radius 2 is 1.68 bits per heavy atom. The summed E-state index contributed by atoms with van der Waals surface area (Å²) in [5.41, 5.74) is -1.83. The molecule has 0 amide bonds. The molecule has 6 atom stereocenters. The van der Waals surface area contributed by atoms with Gasteiger partial charge in [0.15, 0.2) is 22.8 Å². The van der Waals surface area contributed by atoms with E-state index in [1.807, 2.05) is 54.5 Å². The van der Waals surface area contributed by atoms with Crippen LogP contribution in [0.15, 0.2) is 46.6 Å². The molecule has 3 aliphatic carbocycles. The maximum atomic E-state index is 14.8. The number of carboxylic acids is 1. The molecule has 0 radical (unpaired) electrons. The third-order valence-corrected chi connectivity index (χ3v) is 10.9. The normalized spacial score (nSPS) is 32.7. The van der Waals surface area contributed by atoms with Crippen molar-refractivity contribution in [2.24, 2.45) is 11.8 Å². The van der Waals surface area contributed by atoms with Gasteiger partial charge in [0.05, 0.1) is 17.3 Å². The molecular weight excluding hydrogens is 600 g/mol. The van der Waals surface area contributed by atoms with Crippen LogP contribution >= 0.6 is 0 Å². The summed E-state index contributed by atoms with van der Waals surface area (Å²) < 4.78 is 20.6. The van der Waals surface area contributed by atoms with Crippen molar-refractivity contribution in [3.05, 3.63) is 63.3 Å². The number of allylic oxidation sites excluding steroid dienone is 5. The molecule has 1 saturated carbocycles. The Labute approximate surface area is 276 Å². The Morgan fingerprint density at radius 3 is 2.32 bits per heavy atom. The maximum absolute atomic E-state index is 14.8. The van der Waals surface area contributed by atoms with E-state index in [1.54, 1.807) is 6.08 Å². The van der Waals surface area contributed by atoms with Crippen LogP contribution in [0.25, 0.3) is 0 Å². The predicted molar refractivity (Wildman–Crippen MR) is 175 cm³/mol. The minimum atomic E-state index is -1.67. The molecule has 9 nitrogen and oxygen atoms in total. The Bertz CT molecular complexity index is 1720. The number of ether oxygens (including phenoxy) is 3. The maximum Gasteiger partial charge on any atom is 0.330 e. The number of benzene rings is 1. The second kappa shape index (κ2) is 10.9. The van der Waals surface area contributed by atoms with Crippen LogP contribution in [0, 0.1) is 11.8 Å². The van der Waals surface area contributed by atoms with Crippen molar-refractivity contribution in [3.8, 4) is 17.2 Å². The van der Waals surface area contributed by atoms with Crippen molar-refractivity contribution in [2.75, 3.05) is 0 Å². The summed E-state index contributed by atoms with van der Waals surface area (Å²) in [6, 6.07) is 0. The average molecular weight is 647 g/mol. The fourth-order valence-electron chi connectivity index (χ4n) is 8.64. The first-order valence-corrected chi connectivity index (χ1v) is 16.5. The molecule has 9 heteroatoms. The number of rotatable bonds is 8. The summed E-state index contributed by atoms with van der Waals surface area (Å²) in [4.78, 5) is 40.9. The van der Waals surface area contributed by atoms with Gasteiger partial charge in [0.1, 0.15) is 28.4 Å². The lowest BCUT2D eigenvalue weighted by Gasteiger charge is -2.56. The number of phenols is 1. The van der Waals surface area contributed by atoms with Crippen LogP contribution in [0.3, 0.4) is 0 Å². The molecule has 0 aromatic heterocycles. The molecule has 1 spiro atoms. The van der Waals surface area contributed by atoms with Crippen molar-refractivity contribution in [1.82, 2.24) is 0 Å². The van der Waals surface area contributed by atoms with E-state index in [9.17, 15) is 29.7 Å². The van der Waals surface area contributed by atoms with Gasteiger partial charge in [-0.15, -0.1) is 0 Å². The number of aliphatic carboxylic acids is 1. The van der Waals surface area contributed by atoms with Crippen molar-refractivity contribution in [1.29, 1.82) is 0 Å². The Balaban J connectivity index is 1.60. The largest absolute Gasteiger partial charge is 0.506 e. The topological polar surface area (TPSA) is 140 Å². The quantitative estimate of drug-likeness (QED) is 0.209. The molecule has 1 saturated heterocycles. The van der Waals surface area contributed by atoms with Gasteiger partial charge in [-0.25, -0.2) is 4.79 Å². The van der Waals surface area contributed by atoms with Crippen LogP contribution in [0.4, 0.5) is 0 Å².